The van der Waals surface area contributed by atoms with Gasteiger partial charge < -0.3 is 15.0 Å². The van der Waals surface area contributed by atoms with Crippen LogP contribution < -0.4 is 5.73 Å². The predicted octanol–water partition coefficient (Wildman–Crippen LogP) is 0.768. The molecule has 0 aliphatic heterocycles. The summed E-state index contributed by atoms with van der Waals surface area (Å²) in [7, 11) is 0. The molecule has 104 valence electrons. The molecule has 0 saturated heterocycles. The van der Waals surface area contributed by atoms with Crippen molar-refractivity contribution in [1.82, 2.24) is 9.55 Å². The largest absolute Gasteiger partial charge is 0.369 e. The van der Waals surface area contributed by atoms with Gasteiger partial charge in [0.25, 0.3) is 5.91 Å². The lowest BCUT2D eigenvalue weighted by Gasteiger charge is -2.06. The number of nitrogens with zero attached hydrogens (tertiary/aromatic N) is 2. The lowest BCUT2D eigenvalue weighted by molar-refractivity contribution is -0.124. The Morgan fingerprint density at radius 1 is 1.25 bits per heavy atom. The van der Waals surface area contributed by atoms with E-state index in [0.717, 1.165) is 5.56 Å². The number of nitrogens with two attached hydrogens (primary N) is 1. The molecule has 0 aliphatic carbocycles. The quantitative estimate of drug-likeness (QED) is 0.807. The van der Waals surface area contributed by atoms with E-state index in [9.17, 15) is 9.59 Å². The molecule has 2 aromatic rings. The van der Waals surface area contributed by atoms with Crippen LogP contribution in [0.5, 0.6) is 0 Å². The Labute approximate surface area is 116 Å². The number of amides is 1. The number of hydrogen-bond acceptors (Lipinski definition) is 4. The van der Waals surface area contributed by atoms with E-state index in [-0.39, 0.29) is 24.6 Å². The van der Waals surface area contributed by atoms with E-state index in [4.69, 9.17) is 10.5 Å². The topological polar surface area (TPSA) is 87.2 Å². The monoisotopic (exact) mass is 273 g/mol. The fraction of sp³-hybridized carbons (Fsp3) is 0.214. The van der Waals surface area contributed by atoms with Crippen LogP contribution in [0.3, 0.4) is 0 Å². The lowest BCUT2D eigenvalue weighted by Crippen LogP contribution is -2.21. The van der Waals surface area contributed by atoms with Crippen molar-refractivity contribution in [3.05, 3.63) is 54.1 Å². The SMILES string of the molecule is NC(=O)c1cncn1CC(=O)COCc1ccccc1. The van der Waals surface area contributed by atoms with Crippen LogP contribution in [0.2, 0.25) is 0 Å². The smallest absolute Gasteiger partial charge is 0.266 e. The molecule has 1 aromatic heterocycles. The fourth-order valence-electron chi connectivity index (χ4n) is 1.74. The van der Waals surface area contributed by atoms with E-state index < -0.39 is 5.91 Å². The number of carbonyl (C=O) groups is 2. The highest BCUT2D eigenvalue weighted by Gasteiger charge is 2.11. The molecule has 0 fully saturated rings. The second-order valence-corrected chi connectivity index (χ2v) is 4.29. The van der Waals surface area contributed by atoms with Crippen molar-refractivity contribution >= 4 is 11.7 Å². The number of rotatable bonds is 7. The van der Waals surface area contributed by atoms with Crippen molar-refractivity contribution in [2.24, 2.45) is 5.73 Å². The zero-order chi connectivity index (χ0) is 14.4. The van der Waals surface area contributed by atoms with Gasteiger partial charge in [0.2, 0.25) is 0 Å². The first kappa shape index (κ1) is 14.0. The van der Waals surface area contributed by atoms with Crippen LogP contribution in [0.1, 0.15) is 16.1 Å². The summed E-state index contributed by atoms with van der Waals surface area (Å²) in [5, 5.41) is 0. The third-order valence-electron chi connectivity index (χ3n) is 2.69. The first-order chi connectivity index (χ1) is 9.66. The number of carbonyl (C=O) groups excluding carboxylic acids is 2. The van der Waals surface area contributed by atoms with E-state index >= 15 is 0 Å². The summed E-state index contributed by atoms with van der Waals surface area (Å²) in [4.78, 5) is 26.6. The van der Waals surface area contributed by atoms with E-state index in [1.807, 2.05) is 30.3 Å². The average molecular weight is 273 g/mol. The van der Waals surface area contributed by atoms with Crippen molar-refractivity contribution in [2.45, 2.75) is 13.2 Å². The normalized spacial score (nSPS) is 10.4. The van der Waals surface area contributed by atoms with Gasteiger partial charge in [-0.05, 0) is 5.56 Å². The van der Waals surface area contributed by atoms with E-state index in [1.165, 1.54) is 17.1 Å². The van der Waals surface area contributed by atoms with Gasteiger partial charge in [0, 0.05) is 0 Å². The van der Waals surface area contributed by atoms with Gasteiger partial charge in [-0.25, -0.2) is 4.98 Å². The molecule has 0 spiro atoms. The molecule has 2 N–H and O–H groups in total. The molecule has 0 aliphatic rings. The number of aromatic nitrogens is 2. The Balaban J connectivity index is 1.81. The molecule has 1 aromatic carbocycles. The molecule has 1 amide bonds. The van der Waals surface area contributed by atoms with Crippen LogP contribution in [0.15, 0.2) is 42.9 Å². The standard InChI is InChI=1S/C14H15N3O3/c15-14(19)13-6-16-10-17(13)7-12(18)9-20-8-11-4-2-1-3-5-11/h1-6,10H,7-9H2,(H2,15,19). The van der Waals surface area contributed by atoms with E-state index in [0.29, 0.717) is 6.61 Å². The maximum absolute atomic E-state index is 11.7. The molecular formula is C14H15N3O3. The summed E-state index contributed by atoms with van der Waals surface area (Å²) in [5.41, 5.74) is 6.38. The fourth-order valence-corrected chi connectivity index (χ4v) is 1.74. The first-order valence-electron chi connectivity index (χ1n) is 6.10. The zero-order valence-electron chi connectivity index (χ0n) is 10.9. The van der Waals surface area contributed by atoms with Crippen LogP contribution >= 0.6 is 0 Å². The van der Waals surface area contributed by atoms with Crippen molar-refractivity contribution in [3.8, 4) is 0 Å². The Bertz CT molecular complexity index is 593. The molecule has 0 unspecified atom stereocenters. The van der Waals surface area contributed by atoms with Crippen molar-refractivity contribution in [3.63, 3.8) is 0 Å². The summed E-state index contributed by atoms with van der Waals surface area (Å²) in [6.45, 7) is 0.373. The lowest BCUT2D eigenvalue weighted by atomic mass is 10.2. The number of hydrogen-bond donors (Lipinski definition) is 1. The van der Waals surface area contributed by atoms with Gasteiger partial charge in [-0.1, -0.05) is 30.3 Å². The molecular weight excluding hydrogens is 258 g/mol. The summed E-state index contributed by atoms with van der Waals surface area (Å²) in [6, 6.07) is 9.58. The number of benzene rings is 1. The number of ether oxygens (including phenoxy) is 1. The summed E-state index contributed by atoms with van der Waals surface area (Å²) >= 11 is 0. The van der Waals surface area contributed by atoms with E-state index in [2.05, 4.69) is 4.98 Å². The van der Waals surface area contributed by atoms with Crippen molar-refractivity contribution in [2.75, 3.05) is 6.61 Å². The molecule has 0 radical (unpaired) electrons. The molecule has 6 nitrogen and oxygen atoms in total. The molecule has 1 heterocycles. The second-order valence-electron chi connectivity index (χ2n) is 4.29. The zero-order valence-corrected chi connectivity index (χ0v) is 10.9. The van der Waals surface area contributed by atoms with Gasteiger partial charge in [-0.3, -0.25) is 9.59 Å². The van der Waals surface area contributed by atoms with Gasteiger partial charge in [0.1, 0.15) is 12.3 Å². The molecule has 2 rings (SSSR count). The molecule has 0 saturated carbocycles. The number of primary amides is 1. The second kappa shape index (κ2) is 6.63. The van der Waals surface area contributed by atoms with E-state index in [1.54, 1.807) is 0 Å². The average Bonchev–Trinajstić information content (AvgIpc) is 2.88. The van der Waals surface area contributed by atoms with Crippen molar-refractivity contribution < 1.29 is 14.3 Å². The number of Topliss-reactive ketones (excluding diaryl/α,β-unsaturated/α-hetero) is 1. The Hall–Kier alpha value is -2.47. The maximum Gasteiger partial charge on any atom is 0.266 e. The maximum atomic E-state index is 11.7. The Morgan fingerprint density at radius 2 is 2.00 bits per heavy atom. The summed E-state index contributed by atoms with van der Waals surface area (Å²) in [5.74, 6) is -0.762. The Morgan fingerprint density at radius 3 is 2.70 bits per heavy atom. The van der Waals surface area contributed by atoms with Crippen LogP contribution in [0, 0.1) is 0 Å². The van der Waals surface area contributed by atoms with Gasteiger partial charge >= 0.3 is 0 Å². The summed E-state index contributed by atoms with van der Waals surface area (Å²) < 4.78 is 6.74. The van der Waals surface area contributed by atoms with Gasteiger partial charge in [-0.15, -0.1) is 0 Å². The summed E-state index contributed by atoms with van der Waals surface area (Å²) in [6.07, 6.45) is 2.73. The molecule has 6 heteroatoms. The Kier molecular flexibility index (Phi) is 4.62. The molecule has 20 heavy (non-hydrogen) atoms. The van der Waals surface area contributed by atoms with Crippen molar-refractivity contribution in [1.29, 1.82) is 0 Å². The minimum atomic E-state index is -0.611. The number of ketones is 1. The molecule has 0 atom stereocenters. The third-order valence-corrected chi connectivity index (χ3v) is 2.69. The van der Waals surface area contributed by atoms with Crippen LogP contribution in [0.4, 0.5) is 0 Å². The predicted molar refractivity (Wildman–Crippen MR) is 71.8 cm³/mol. The van der Waals surface area contributed by atoms with Gasteiger partial charge in [-0.2, -0.15) is 0 Å². The first-order valence-corrected chi connectivity index (χ1v) is 6.10. The van der Waals surface area contributed by atoms with Crippen LogP contribution in [-0.4, -0.2) is 27.8 Å². The number of imidazole rings is 1. The highest BCUT2D eigenvalue weighted by molar-refractivity contribution is 5.91. The highest BCUT2D eigenvalue weighted by atomic mass is 16.5. The van der Waals surface area contributed by atoms with Crippen LogP contribution in [-0.2, 0) is 22.7 Å². The van der Waals surface area contributed by atoms with Gasteiger partial charge in [0.05, 0.1) is 25.7 Å². The minimum Gasteiger partial charge on any atom is -0.369 e. The minimum absolute atomic E-state index is 0.0209. The third kappa shape index (κ3) is 3.76. The van der Waals surface area contributed by atoms with Crippen LogP contribution in [0.25, 0.3) is 0 Å². The molecule has 0 bridgehead atoms. The van der Waals surface area contributed by atoms with Gasteiger partial charge in [0.15, 0.2) is 5.78 Å². The highest BCUT2D eigenvalue weighted by Crippen LogP contribution is 2.02.